The van der Waals surface area contributed by atoms with Crippen molar-refractivity contribution in [2.45, 2.75) is 44.2 Å². The zero-order chi connectivity index (χ0) is 17.8. The van der Waals surface area contributed by atoms with E-state index >= 15 is 0 Å². The Morgan fingerprint density at radius 2 is 2.00 bits per heavy atom. The Balaban J connectivity index is 1.23. The van der Waals surface area contributed by atoms with E-state index in [9.17, 15) is 4.79 Å². The van der Waals surface area contributed by atoms with Gasteiger partial charge in [-0.1, -0.05) is 6.07 Å². The van der Waals surface area contributed by atoms with Crippen LogP contribution in [0, 0.1) is 0 Å². The number of nitrogens with zero attached hydrogens (tertiary/aromatic N) is 1. The molecule has 2 aromatic rings. The third-order valence-corrected chi connectivity index (χ3v) is 4.77. The number of fused-ring (bicyclic) bond motifs is 1. The van der Waals surface area contributed by atoms with Gasteiger partial charge in [0.2, 0.25) is 12.7 Å². The van der Waals surface area contributed by atoms with Crippen LogP contribution in [-0.2, 0) is 11.2 Å². The van der Waals surface area contributed by atoms with E-state index in [1.54, 1.807) is 12.4 Å². The Morgan fingerprint density at radius 3 is 2.81 bits per heavy atom. The van der Waals surface area contributed by atoms with Gasteiger partial charge in [-0.2, -0.15) is 0 Å². The van der Waals surface area contributed by atoms with Crippen LogP contribution < -0.4 is 19.5 Å². The molecule has 2 aliphatic rings. The Labute approximate surface area is 152 Å². The number of nitrogens with one attached hydrogen (secondary N) is 1. The number of benzene rings is 1. The van der Waals surface area contributed by atoms with E-state index in [4.69, 9.17) is 14.2 Å². The van der Waals surface area contributed by atoms with E-state index in [1.807, 2.05) is 30.3 Å². The van der Waals surface area contributed by atoms with Crippen molar-refractivity contribution in [3.63, 3.8) is 0 Å². The number of hydrogen-bond acceptors (Lipinski definition) is 5. The SMILES string of the molecule is O=C(Cc1cccnc1)NC1CCC(Oc2ccc3c(c2)OCO3)CC1. The number of carbonyl (C=O) groups is 1. The van der Waals surface area contributed by atoms with Gasteiger partial charge in [-0.05, 0) is 49.4 Å². The zero-order valence-electron chi connectivity index (χ0n) is 14.5. The van der Waals surface area contributed by atoms with Gasteiger partial charge in [0.25, 0.3) is 0 Å². The van der Waals surface area contributed by atoms with Gasteiger partial charge in [0.15, 0.2) is 11.5 Å². The van der Waals surface area contributed by atoms with Crippen LogP contribution in [0.15, 0.2) is 42.7 Å². The summed E-state index contributed by atoms with van der Waals surface area (Å²) in [5.74, 6) is 2.35. The smallest absolute Gasteiger partial charge is 0.231 e. The number of ether oxygens (including phenoxy) is 3. The second-order valence-corrected chi connectivity index (χ2v) is 6.71. The van der Waals surface area contributed by atoms with Gasteiger partial charge in [0.05, 0.1) is 12.5 Å². The minimum absolute atomic E-state index is 0.0538. The quantitative estimate of drug-likeness (QED) is 0.894. The molecule has 0 unspecified atom stereocenters. The molecule has 6 nitrogen and oxygen atoms in total. The summed E-state index contributed by atoms with van der Waals surface area (Å²) in [5, 5.41) is 3.13. The minimum atomic E-state index is 0.0538. The van der Waals surface area contributed by atoms with Crippen molar-refractivity contribution in [2.24, 2.45) is 0 Å². The maximum absolute atomic E-state index is 12.2. The highest BCUT2D eigenvalue weighted by Crippen LogP contribution is 2.36. The summed E-state index contributed by atoms with van der Waals surface area (Å²) in [6.07, 6.45) is 7.68. The van der Waals surface area contributed by atoms with E-state index in [-0.39, 0.29) is 24.8 Å². The highest BCUT2D eigenvalue weighted by atomic mass is 16.7. The summed E-state index contributed by atoms with van der Waals surface area (Å²) in [4.78, 5) is 16.2. The fourth-order valence-electron chi connectivity index (χ4n) is 3.43. The highest BCUT2D eigenvalue weighted by Gasteiger charge is 2.24. The van der Waals surface area contributed by atoms with Crippen LogP contribution in [0.3, 0.4) is 0 Å². The lowest BCUT2D eigenvalue weighted by molar-refractivity contribution is -0.121. The lowest BCUT2D eigenvalue weighted by Crippen LogP contribution is -2.40. The summed E-state index contributed by atoms with van der Waals surface area (Å²) < 4.78 is 16.8. The lowest BCUT2D eigenvalue weighted by atomic mass is 9.92. The summed E-state index contributed by atoms with van der Waals surface area (Å²) in [7, 11) is 0. The lowest BCUT2D eigenvalue weighted by Gasteiger charge is -2.29. The van der Waals surface area contributed by atoms with Crippen molar-refractivity contribution in [1.82, 2.24) is 10.3 Å². The third-order valence-electron chi connectivity index (χ3n) is 4.77. The first-order valence-corrected chi connectivity index (χ1v) is 9.01. The topological polar surface area (TPSA) is 69.7 Å². The fourth-order valence-corrected chi connectivity index (χ4v) is 3.43. The average Bonchev–Trinajstić information content (AvgIpc) is 3.12. The van der Waals surface area contributed by atoms with E-state index in [0.29, 0.717) is 6.42 Å². The molecular formula is C20H22N2O4. The molecule has 1 aromatic heterocycles. The molecule has 0 bridgehead atoms. The molecule has 0 saturated heterocycles. The van der Waals surface area contributed by atoms with Crippen molar-refractivity contribution in [3.8, 4) is 17.2 Å². The first kappa shape index (κ1) is 16.7. The van der Waals surface area contributed by atoms with E-state index in [1.165, 1.54) is 0 Å². The van der Waals surface area contributed by atoms with Crippen molar-refractivity contribution < 1.29 is 19.0 Å². The Kier molecular flexibility index (Phi) is 4.91. The van der Waals surface area contributed by atoms with Crippen LogP contribution in [0.1, 0.15) is 31.2 Å². The maximum Gasteiger partial charge on any atom is 0.231 e. The molecule has 0 radical (unpaired) electrons. The number of amides is 1. The van der Waals surface area contributed by atoms with Gasteiger partial charge in [0.1, 0.15) is 5.75 Å². The highest BCUT2D eigenvalue weighted by molar-refractivity contribution is 5.78. The first-order chi connectivity index (χ1) is 12.8. The molecule has 4 rings (SSSR count). The molecule has 1 aliphatic heterocycles. The normalized spacial score (nSPS) is 21.2. The van der Waals surface area contributed by atoms with Crippen LogP contribution in [0.25, 0.3) is 0 Å². The van der Waals surface area contributed by atoms with Crippen LogP contribution in [0.5, 0.6) is 17.2 Å². The second kappa shape index (κ2) is 7.64. The predicted molar refractivity (Wildman–Crippen MR) is 95.3 cm³/mol. The number of pyridine rings is 1. The molecule has 1 N–H and O–H groups in total. The molecule has 1 aliphatic carbocycles. The molecule has 0 atom stereocenters. The molecule has 1 amide bonds. The van der Waals surface area contributed by atoms with Gasteiger partial charge in [0, 0.05) is 24.5 Å². The van der Waals surface area contributed by atoms with Gasteiger partial charge >= 0.3 is 0 Å². The summed E-state index contributed by atoms with van der Waals surface area (Å²) in [6, 6.07) is 9.65. The summed E-state index contributed by atoms with van der Waals surface area (Å²) in [6.45, 7) is 0.267. The standard InChI is InChI=1S/C20H22N2O4/c23-20(10-14-2-1-9-21-12-14)22-15-3-5-16(6-4-15)26-17-7-8-18-19(11-17)25-13-24-18/h1-2,7-9,11-12,15-16H,3-6,10,13H2,(H,22,23). The molecule has 1 saturated carbocycles. The first-order valence-electron chi connectivity index (χ1n) is 9.01. The largest absolute Gasteiger partial charge is 0.490 e. The molecule has 0 spiro atoms. The Bertz CT molecular complexity index is 758. The molecule has 1 aromatic carbocycles. The average molecular weight is 354 g/mol. The van der Waals surface area contributed by atoms with Gasteiger partial charge in [-0.3, -0.25) is 9.78 Å². The second-order valence-electron chi connectivity index (χ2n) is 6.71. The van der Waals surface area contributed by atoms with Gasteiger partial charge in [-0.15, -0.1) is 0 Å². The monoisotopic (exact) mass is 354 g/mol. The van der Waals surface area contributed by atoms with Crippen molar-refractivity contribution >= 4 is 5.91 Å². The summed E-state index contributed by atoms with van der Waals surface area (Å²) >= 11 is 0. The Hall–Kier alpha value is -2.76. The van der Waals surface area contributed by atoms with Crippen LogP contribution in [0.4, 0.5) is 0 Å². The van der Waals surface area contributed by atoms with Crippen LogP contribution in [0.2, 0.25) is 0 Å². The van der Waals surface area contributed by atoms with Crippen LogP contribution >= 0.6 is 0 Å². The van der Waals surface area contributed by atoms with Crippen LogP contribution in [-0.4, -0.2) is 29.8 Å². The van der Waals surface area contributed by atoms with Gasteiger partial charge in [-0.25, -0.2) is 0 Å². The predicted octanol–water partition coefficient (Wildman–Crippen LogP) is 2.86. The maximum atomic E-state index is 12.2. The van der Waals surface area contributed by atoms with E-state index < -0.39 is 0 Å². The third kappa shape index (κ3) is 4.07. The van der Waals surface area contributed by atoms with Crippen molar-refractivity contribution in [2.75, 3.05) is 6.79 Å². The molecule has 136 valence electrons. The zero-order valence-corrected chi connectivity index (χ0v) is 14.5. The number of carbonyl (C=O) groups excluding carboxylic acids is 1. The number of hydrogen-bond donors (Lipinski definition) is 1. The number of aromatic nitrogens is 1. The van der Waals surface area contributed by atoms with Gasteiger partial charge < -0.3 is 19.5 Å². The Morgan fingerprint density at radius 1 is 1.15 bits per heavy atom. The molecule has 6 heteroatoms. The number of rotatable bonds is 5. The van der Waals surface area contributed by atoms with Crippen molar-refractivity contribution in [3.05, 3.63) is 48.3 Å². The van der Waals surface area contributed by atoms with E-state index in [0.717, 1.165) is 48.5 Å². The minimum Gasteiger partial charge on any atom is -0.490 e. The molecule has 1 fully saturated rings. The summed E-state index contributed by atoms with van der Waals surface area (Å²) in [5.41, 5.74) is 0.935. The molecular weight excluding hydrogens is 332 g/mol. The molecule has 2 heterocycles. The van der Waals surface area contributed by atoms with Crippen molar-refractivity contribution in [1.29, 1.82) is 0 Å². The molecule has 26 heavy (non-hydrogen) atoms. The van der Waals surface area contributed by atoms with E-state index in [2.05, 4.69) is 10.3 Å². The fraction of sp³-hybridized carbons (Fsp3) is 0.400.